The van der Waals surface area contributed by atoms with Gasteiger partial charge in [0.2, 0.25) is 0 Å². The molecule has 156 valence electrons. The van der Waals surface area contributed by atoms with E-state index in [4.69, 9.17) is 4.74 Å². The van der Waals surface area contributed by atoms with Gasteiger partial charge in [-0.2, -0.15) is 0 Å². The Kier molecular flexibility index (Phi) is 8.81. The predicted molar refractivity (Wildman–Crippen MR) is 113 cm³/mol. The number of ether oxygens (including phenoxy) is 1. The first-order chi connectivity index (χ1) is 13.4. The van der Waals surface area contributed by atoms with Crippen molar-refractivity contribution in [2.45, 2.75) is 53.4 Å². The molecule has 2 amide bonds. The maximum absolute atomic E-state index is 13.2. The third-order valence-electron chi connectivity index (χ3n) is 4.89. The van der Waals surface area contributed by atoms with Crippen LogP contribution in [0, 0.1) is 11.8 Å². The number of nitrogens with zero attached hydrogens (tertiary/aromatic N) is 2. The van der Waals surface area contributed by atoms with Gasteiger partial charge >= 0.3 is 0 Å². The van der Waals surface area contributed by atoms with Gasteiger partial charge in [-0.25, -0.2) is 0 Å². The van der Waals surface area contributed by atoms with Crippen LogP contribution in [0.15, 0.2) is 24.3 Å². The molecule has 0 N–H and O–H groups in total. The molecule has 0 spiro atoms. The average Bonchev–Trinajstić information content (AvgIpc) is 2.94. The first-order valence-corrected chi connectivity index (χ1v) is 10.7. The zero-order chi connectivity index (χ0) is 20.5. The van der Waals surface area contributed by atoms with Crippen molar-refractivity contribution in [1.82, 2.24) is 9.80 Å². The second kappa shape index (κ2) is 11.1. The molecule has 0 bridgehead atoms. The van der Waals surface area contributed by atoms with E-state index in [1.807, 2.05) is 21.9 Å². The molecule has 0 atom stereocenters. The molecule has 1 aromatic rings. The number of hydrogen-bond acceptors (Lipinski definition) is 3. The van der Waals surface area contributed by atoms with E-state index in [1.165, 1.54) is 12.8 Å². The summed E-state index contributed by atoms with van der Waals surface area (Å²) < 4.78 is 5.84. The highest BCUT2D eigenvalue weighted by Crippen LogP contribution is 2.21. The topological polar surface area (TPSA) is 49.9 Å². The summed E-state index contributed by atoms with van der Waals surface area (Å²) in [5.41, 5.74) is 0.535. The molecule has 2 rings (SSSR count). The minimum absolute atomic E-state index is 0.00497. The van der Waals surface area contributed by atoms with Crippen molar-refractivity contribution in [3.63, 3.8) is 0 Å². The molecule has 5 heteroatoms. The highest BCUT2D eigenvalue weighted by Gasteiger charge is 2.22. The number of amides is 2. The van der Waals surface area contributed by atoms with Gasteiger partial charge in [0.1, 0.15) is 5.75 Å². The largest absolute Gasteiger partial charge is 0.483 e. The van der Waals surface area contributed by atoms with Crippen LogP contribution >= 0.6 is 0 Å². The quantitative estimate of drug-likeness (QED) is 0.670. The predicted octanol–water partition coefficient (Wildman–Crippen LogP) is 4.22. The zero-order valence-corrected chi connectivity index (χ0v) is 17.9. The van der Waals surface area contributed by atoms with Crippen LogP contribution in [0.1, 0.15) is 63.7 Å². The van der Waals surface area contributed by atoms with E-state index in [9.17, 15) is 9.59 Å². The summed E-state index contributed by atoms with van der Waals surface area (Å²) in [5, 5.41) is 0. The van der Waals surface area contributed by atoms with Gasteiger partial charge < -0.3 is 14.5 Å². The highest BCUT2D eigenvalue weighted by atomic mass is 16.5. The molecule has 0 aromatic heterocycles. The van der Waals surface area contributed by atoms with Gasteiger partial charge in [-0.3, -0.25) is 9.59 Å². The maximum atomic E-state index is 13.2. The van der Waals surface area contributed by atoms with E-state index in [1.54, 1.807) is 12.1 Å². The van der Waals surface area contributed by atoms with Gasteiger partial charge in [0.15, 0.2) is 6.61 Å². The van der Waals surface area contributed by atoms with Crippen molar-refractivity contribution in [2.24, 2.45) is 11.8 Å². The van der Waals surface area contributed by atoms with Crippen molar-refractivity contribution in [3.8, 4) is 5.75 Å². The van der Waals surface area contributed by atoms with Crippen molar-refractivity contribution in [3.05, 3.63) is 29.8 Å². The summed E-state index contributed by atoms with van der Waals surface area (Å²) >= 11 is 0. The molecule has 1 aliphatic heterocycles. The summed E-state index contributed by atoms with van der Waals surface area (Å²) in [4.78, 5) is 29.5. The van der Waals surface area contributed by atoms with Crippen LogP contribution in [0.2, 0.25) is 0 Å². The zero-order valence-electron chi connectivity index (χ0n) is 17.9. The Bertz CT molecular complexity index is 624. The van der Waals surface area contributed by atoms with Crippen LogP contribution in [0.4, 0.5) is 0 Å². The second-order valence-electron chi connectivity index (χ2n) is 8.58. The molecule has 0 aliphatic carbocycles. The Labute approximate surface area is 170 Å². The van der Waals surface area contributed by atoms with Gasteiger partial charge in [0.05, 0.1) is 5.56 Å². The van der Waals surface area contributed by atoms with Crippen LogP contribution in [0.5, 0.6) is 5.75 Å². The fourth-order valence-electron chi connectivity index (χ4n) is 3.61. The van der Waals surface area contributed by atoms with Crippen LogP contribution in [0.3, 0.4) is 0 Å². The number of rotatable bonds is 8. The van der Waals surface area contributed by atoms with Crippen molar-refractivity contribution < 1.29 is 14.3 Å². The first kappa shape index (κ1) is 22.3. The summed E-state index contributed by atoms with van der Waals surface area (Å²) in [6.45, 7) is 11.5. The van der Waals surface area contributed by atoms with Gasteiger partial charge in [-0.1, -0.05) is 52.7 Å². The number of hydrogen-bond donors (Lipinski definition) is 0. The maximum Gasteiger partial charge on any atom is 0.260 e. The van der Waals surface area contributed by atoms with Crippen LogP contribution in [0.25, 0.3) is 0 Å². The molecule has 1 fully saturated rings. The molecular weight excluding hydrogens is 352 g/mol. The van der Waals surface area contributed by atoms with Crippen molar-refractivity contribution in [1.29, 1.82) is 0 Å². The molecule has 0 unspecified atom stereocenters. The van der Waals surface area contributed by atoms with Crippen LogP contribution in [-0.4, -0.2) is 54.4 Å². The second-order valence-corrected chi connectivity index (χ2v) is 8.58. The lowest BCUT2D eigenvalue weighted by Gasteiger charge is -2.27. The van der Waals surface area contributed by atoms with Crippen molar-refractivity contribution >= 4 is 11.8 Å². The molecule has 1 heterocycles. The Morgan fingerprint density at radius 1 is 0.964 bits per heavy atom. The number of benzene rings is 1. The Hall–Kier alpha value is -2.04. The standard InChI is InChI=1S/C23H36N2O3/c1-18(2)15-25(16-19(3)4)23(27)20-11-7-8-12-21(20)28-17-22(26)24-13-9-5-6-10-14-24/h7-8,11-12,18-19H,5-6,9-10,13-17H2,1-4H3. The number of likely N-dealkylation sites (tertiary alicyclic amines) is 1. The lowest BCUT2D eigenvalue weighted by atomic mass is 10.1. The highest BCUT2D eigenvalue weighted by molar-refractivity contribution is 5.97. The minimum Gasteiger partial charge on any atom is -0.483 e. The number of carbonyl (C=O) groups excluding carboxylic acids is 2. The fraction of sp³-hybridized carbons (Fsp3) is 0.652. The monoisotopic (exact) mass is 388 g/mol. The summed E-state index contributed by atoms with van der Waals surface area (Å²) in [6.07, 6.45) is 4.48. The lowest BCUT2D eigenvalue weighted by Crippen LogP contribution is -2.38. The summed E-state index contributed by atoms with van der Waals surface area (Å²) in [5.74, 6) is 1.25. The van der Waals surface area contributed by atoms with E-state index >= 15 is 0 Å². The molecule has 28 heavy (non-hydrogen) atoms. The number of carbonyl (C=O) groups is 2. The molecule has 0 radical (unpaired) electrons. The third-order valence-corrected chi connectivity index (χ3v) is 4.89. The lowest BCUT2D eigenvalue weighted by molar-refractivity contribution is -0.133. The smallest absolute Gasteiger partial charge is 0.260 e. The molecule has 1 aliphatic rings. The normalized spacial score (nSPS) is 14.9. The van der Waals surface area contributed by atoms with E-state index in [0.29, 0.717) is 36.2 Å². The fourth-order valence-corrected chi connectivity index (χ4v) is 3.61. The van der Waals surface area contributed by atoms with Gasteiger partial charge in [-0.15, -0.1) is 0 Å². The minimum atomic E-state index is -0.0276. The first-order valence-electron chi connectivity index (χ1n) is 10.7. The third kappa shape index (κ3) is 6.84. The van der Waals surface area contributed by atoms with Gasteiger partial charge in [0.25, 0.3) is 11.8 Å². The molecule has 1 aromatic carbocycles. The van der Waals surface area contributed by atoms with Crippen molar-refractivity contribution in [2.75, 3.05) is 32.8 Å². The van der Waals surface area contributed by atoms with Crippen LogP contribution < -0.4 is 4.74 Å². The Morgan fingerprint density at radius 2 is 1.54 bits per heavy atom. The summed E-state index contributed by atoms with van der Waals surface area (Å²) in [7, 11) is 0. The van der Waals surface area contributed by atoms with Gasteiger partial charge in [0, 0.05) is 26.2 Å². The molecule has 0 saturated carbocycles. The van der Waals surface area contributed by atoms with E-state index in [-0.39, 0.29) is 18.4 Å². The van der Waals surface area contributed by atoms with Crippen LogP contribution in [-0.2, 0) is 4.79 Å². The Morgan fingerprint density at radius 3 is 2.11 bits per heavy atom. The van der Waals surface area contributed by atoms with E-state index < -0.39 is 0 Å². The van der Waals surface area contributed by atoms with Gasteiger partial charge in [-0.05, 0) is 36.8 Å². The average molecular weight is 389 g/mol. The number of para-hydroxylation sites is 1. The SMILES string of the molecule is CC(C)CN(CC(C)C)C(=O)c1ccccc1OCC(=O)N1CCCCCC1. The summed E-state index contributed by atoms with van der Waals surface area (Å²) in [6, 6.07) is 7.27. The molecule has 5 nitrogen and oxygen atoms in total. The molecular formula is C23H36N2O3. The Balaban J connectivity index is 2.07. The van der Waals surface area contributed by atoms with E-state index in [0.717, 1.165) is 25.9 Å². The van der Waals surface area contributed by atoms with E-state index in [2.05, 4.69) is 27.7 Å². The molecule has 1 saturated heterocycles.